The number of hydrogen-bond acceptors (Lipinski definition) is 2. The molecule has 168 valence electrons. The number of carbonyl (C=O) groups excluding carboxylic acids is 2. The molecule has 0 atom stereocenters. The normalized spacial score (nSPS) is 32.9. The molecule has 31 heavy (non-hydrogen) atoms. The quantitative estimate of drug-likeness (QED) is 0.753. The van der Waals surface area contributed by atoms with Crippen LogP contribution in [0.1, 0.15) is 67.3 Å². The molecule has 4 saturated carbocycles. The Bertz CT molecular complexity index is 839. The van der Waals surface area contributed by atoms with Crippen LogP contribution in [0.4, 0.5) is 13.2 Å². The molecule has 6 rings (SSSR count). The molecule has 0 radical (unpaired) electrons. The summed E-state index contributed by atoms with van der Waals surface area (Å²) >= 11 is 0. The molecule has 4 aliphatic carbocycles. The standard InChI is InChI=1S/C24H29F3N2O2/c25-24(26,27)20-4-2-1-3-19(20)21(30)28-18-5-7-29(8-6-18)22(31)23-12-15-9-16(13-23)11-17(10-15)14-23/h1-4,15-18H,5-14H2,(H,28,30). The first-order valence-corrected chi connectivity index (χ1v) is 11.5. The first kappa shape index (κ1) is 20.8. The molecule has 1 aromatic carbocycles. The maximum absolute atomic E-state index is 13.5. The SMILES string of the molecule is O=C(NC1CCN(C(=O)C23CC4CC(CC(C4)C2)C3)CC1)c1ccccc1C(F)(F)F. The lowest BCUT2D eigenvalue weighted by Gasteiger charge is -2.57. The predicted octanol–water partition coefficient (Wildman–Crippen LogP) is 4.64. The van der Waals surface area contributed by atoms with Crippen LogP contribution < -0.4 is 5.32 Å². The van der Waals surface area contributed by atoms with Crippen molar-refractivity contribution in [2.75, 3.05) is 13.1 Å². The summed E-state index contributed by atoms with van der Waals surface area (Å²) in [5, 5.41) is 2.77. The van der Waals surface area contributed by atoms with Crippen LogP contribution in [0.25, 0.3) is 0 Å². The smallest absolute Gasteiger partial charge is 0.349 e. The Kier molecular flexibility index (Phi) is 5.05. The fourth-order valence-corrected chi connectivity index (χ4v) is 7.13. The molecule has 1 aliphatic heterocycles. The summed E-state index contributed by atoms with van der Waals surface area (Å²) in [4.78, 5) is 28.0. The number of nitrogens with one attached hydrogen (secondary N) is 1. The Labute approximate surface area is 180 Å². The van der Waals surface area contributed by atoms with Gasteiger partial charge < -0.3 is 10.2 Å². The number of hydrogen-bond donors (Lipinski definition) is 1. The molecule has 5 fully saturated rings. The molecule has 4 nitrogen and oxygen atoms in total. The lowest BCUT2D eigenvalue weighted by Crippen LogP contribution is -2.56. The highest BCUT2D eigenvalue weighted by atomic mass is 19.4. The summed E-state index contributed by atoms with van der Waals surface area (Å²) in [6.45, 7) is 1.12. The third-order valence-corrected chi connectivity index (χ3v) is 8.09. The molecule has 5 aliphatic rings. The van der Waals surface area contributed by atoms with E-state index in [0.29, 0.717) is 49.6 Å². The number of piperidine rings is 1. The molecule has 1 heterocycles. The van der Waals surface area contributed by atoms with E-state index < -0.39 is 17.6 Å². The van der Waals surface area contributed by atoms with E-state index in [1.54, 1.807) is 0 Å². The second-order valence-electron chi connectivity index (χ2n) is 10.3. The molecule has 0 aromatic heterocycles. The number of nitrogens with zero attached hydrogens (tertiary/aromatic N) is 1. The van der Waals surface area contributed by atoms with Crippen molar-refractivity contribution in [2.45, 2.75) is 63.6 Å². The molecule has 1 saturated heterocycles. The number of likely N-dealkylation sites (tertiary alicyclic amines) is 1. The Balaban J connectivity index is 1.20. The second kappa shape index (κ2) is 7.52. The van der Waals surface area contributed by atoms with Gasteiger partial charge in [-0.15, -0.1) is 0 Å². The van der Waals surface area contributed by atoms with Crippen molar-refractivity contribution in [1.82, 2.24) is 10.2 Å². The minimum absolute atomic E-state index is 0.170. The zero-order valence-electron chi connectivity index (χ0n) is 17.6. The van der Waals surface area contributed by atoms with E-state index in [1.807, 2.05) is 4.90 Å². The number of benzene rings is 1. The van der Waals surface area contributed by atoms with Crippen LogP contribution in [0.15, 0.2) is 24.3 Å². The lowest BCUT2D eigenvalue weighted by atomic mass is 9.49. The zero-order chi connectivity index (χ0) is 21.8. The van der Waals surface area contributed by atoms with Crippen molar-refractivity contribution >= 4 is 11.8 Å². The average Bonchev–Trinajstić information content (AvgIpc) is 2.72. The van der Waals surface area contributed by atoms with Crippen LogP contribution in [0.3, 0.4) is 0 Å². The molecule has 1 N–H and O–H groups in total. The molecule has 0 spiro atoms. The van der Waals surface area contributed by atoms with Crippen molar-refractivity contribution in [3.05, 3.63) is 35.4 Å². The number of rotatable bonds is 3. The average molecular weight is 435 g/mol. The summed E-state index contributed by atoms with van der Waals surface area (Å²) in [5.74, 6) is 1.72. The summed E-state index contributed by atoms with van der Waals surface area (Å²) in [6, 6.07) is 4.66. The predicted molar refractivity (Wildman–Crippen MR) is 109 cm³/mol. The molecule has 7 heteroatoms. The van der Waals surface area contributed by atoms with Gasteiger partial charge in [0.15, 0.2) is 0 Å². The van der Waals surface area contributed by atoms with Gasteiger partial charge >= 0.3 is 6.18 Å². The van der Waals surface area contributed by atoms with Crippen LogP contribution in [-0.2, 0) is 11.0 Å². The van der Waals surface area contributed by atoms with Gasteiger partial charge in [0.05, 0.1) is 16.5 Å². The van der Waals surface area contributed by atoms with E-state index in [2.05, 4.69) is 5.32 Å². The van der Waals surface area contributed by atoms with Crippen molar-refractivity contribution in [3.8, 4) is 0 Å². The summed E-state index contributed by atoms with van der Waals surface area (Å²) in [7, 11) is 0. The van der Waals surface area contributed by atoms with Gasteiger partial charge in [-0.25, -0.2) is 0 Å². The maximum Gasteiger partial charge on any atom is 0.417 e. The zero-order valence-corrected chi connectivity index (χ0v) is 17.6. The Hall–Kier alpha value is -2.05. The topological polar surface area (TPSA) is 49.4 Å². The first-order chi connectivity index (χ1) is 14.7. The molecule has 1 aromatic rings. The van der Waals surface area contributed by atoms with Crippen molar-refractivity contribution in [2.24, 2.45) is 23.2 Å². The lowest BCUT2D eigenvalue weighted by molar-refractivity contribution is -0.158. The maximum atomic E-state index is 13.5. The van der Waals surface area contributed by atoms with E-state index in [-0.39, 0.29) is 17.0 Å². The Morgan fingerprint density at radius 1 is 0.935 bits per heavy atom. The number of halogens is 3. The third kappa shape index (κ3) is 3.85. The second-order valence-corrected chi connectivity index (χ2v) is 10.3. The van der Waals surface area contributed by atoms with E-state index in [1.165, 1.54) is 37.5 Å². The number of carbonyl (C=O) groups is 2. The highest BCUT2D eigenvalue weighted by Crippen LogP contribution is 2.60. The van der Waals surface area contributed by atoms with E-state index >= 15 is 0 Å². The van der Waals surface area contributed by atoms with Gasteiger partial charge in [0.25, 0.3) is 5.91 Å². The van der Waals surface area contributed by atoms with Crippen LogP contribution in [0.5, 0.6) is 0 Å². The van der Waals surface area contributed by atoms with Crippen molar-refractivity contribution in [3.63, 3.8) is 0 Å². The van der Waals surface area contributed by atoms with Gasteiger partial charge in [0.1, 0.15) is 0 Å². The van der Waals surface area contributed by atoms with E-state index in [4.69, 9.17) is 0 Å². The molecule has 2 amide bonds. The molecular weight excluding hydrogens is 405 g/mol. The summed E-state index contributed by atoms with van der Waals surface area (Å²) < 4.78 is 39.6. The van der Waals surface area contributed by atoms with Gasteiger partial charge in [-0.05, 0) is 81.3 Å². The number of alkyl halides is 3. The van der Waals surface area contributed by atoms with Gasteiger partial charge in [-0.3, -0.25) is 9.59 Å². The van der Waals surface area contributed by atoms with Crippen LogP contribution >= 0.6 is 0 Å². The minimum atomic E-state index is -4.57. The van der Waals surface area contributed by atoms with Crippen LogP contribution in [0.2, 0.25) is 0 Å². The highest BCUT2D eigenvalue weighted by Gasteiger charge is 2.55. The summed E-state index contributed by atoms with van der Waals surface area (Å²) in [5.41, 5.74) is -1.43. The Morgan fingerprint density at radius 2 is 1.48 bits per heavy atom. The van der Waals surface area contributed by atoms with Gasteiger partial charge in [0.2, 0.25) is 5.91 Å². The van der Waals surface area contributed by atoms with Gasteiger partial charge in [-0.2, -0.15) is 13.2 Å². The van der Waals surface area contributed by atoms with Crippen molar-refractivity contribution in [1.29, 1.82) is 0 Å². The van der Waals surface area contributed by atoms with E-state index in [9.17, 15) is 22.8 Å². The monoisotopic (exact) mass is 434 g/mol. The largest absolute Gasteiger partial charge is 0.417 e. The molecular formula is C24H29F3N2O2. The third-order valence-electron chi connectivity index (χ3n) is 8.09. The van der Waals surface area contributed by atoms with E-state index in [0.717, 1.165) is 25.3 Å². The minimum Gasteiger partial charge on any atom is -0.349 e. The van der Waals surface area contributed by atoms with Crippen LogP contribution in [0, 0.1) is 23.2 Å². The highest BCUT2D eigenvalue weighted by molar-refractivity contribution is 5.96. The fraction of sp³-hybridized carbons (Fsp3) is 0.667. The first-order valence-electron chi connectivity index (χ1n) is 11.5. The molecule has 4 bridgehead atoms. The Morgan fingerprint density at radius 3 is 2.03 bits per heavy atom. The summed E-state index contributed by atoms with van der Waals surface area (Å²) in [6.07, 6.45) is 3.56. The van der Waals surface area contributed by atoms with Gasteiger partial charge in [-0.1, -0.05) is 12.1 Å². The molecule has 0 unspecified atom stereocenters. The number of amides is 2. The fourth-order valence-electron chi connectivity index (χ4n) is 7.13. The van der Waals surface area contributed by atoms with Crippen molar-refractivity contribution < 1.29 is 22.8 Å². The van der Waals surface area contributed by atoms with Gasteiger partial charge in [0, 0.05) is 19.1 Å². The van der Waals surface area contributed by atoms with Crippen LogP contribution in [-0.4, -0.2) is 35.8 Å².